The maximum absolute atomic E-state index is 11.7. The van der Waals surface area contributed by atoms with Gasteiger partial charge in [0.15, 0.2) is 0 Å². The van der Waals surface area contributed by atoms with Crippen LogP contribution in [0, 0.1) is 0 Å². The average molecular weight is 409 g/mol. The zero-order chi connectivity index (χ0) is 20.6. The highest BCUT2D eigenvalue weighted by Crippen LogP contribution is 2.19. The zero-order valence-corrected chi connectivity index (χ0v) is 16.4. The lowest BCUT2D eigenvalue weighted by molar-refractivity contribution is -0.159. The number of likely N-dealkylation sites (tertiary alicyclic amines) is 1. The molecule has 0 spiro atoms. The van der Waals surface area contributed by atoms with Crippen molar-refractivity contribution in [2.75, 3.05) is 52.1 Å². The highest BCUT2D eigenvalue weighted by molar-refractivity contribution is 7.88. The molecule has 0 aliphatic carbocycles. The molecule has 1 amide bonds. The Bertz CT molecular complexity index is 611. The Kier molecular flexibility index (Phi) is 8.93. The fourth-order valence-corrected chi connectivity index (χ4v) is 3.86. The molecule has 12 heteroatoms. The number of carbonyl (C=O) groups excluding carboxylic acids is 1. The Morgan fingerprint density at radius 3 is 1.81 bits per heavy atom. The normalized spacial score (nSPS) is 19.7. The first-order chi connectivity index (χ1) is 12.6. The number of rotatable bonds is 3. The molecule has 2 N–H and O–H groups in total. The monoisotopic (exact) mass is 409 g/mol. The molecule has 0 aromatic rings. The van der Waals surface area contributed by atoms with Crippen LogP contribution < -0.4 is 0 Å². The first-order valence-electron chi connectivity index (χ1n) is 8.63. The Morgan fingerprint density at radius 1 is 0.963 bits per heavy atom. The number of carbonyl (C=O) groups is 3. The number of ether oxygens (including phenoxy) is 1. The van der Waals surface area contributed by atoms with Crippen LogP contribution in [0.3, 0.4) is 0 Å². The average Bonchev–Trinajstić information content (AvgIpc) is 2.62. The SMILES string of the molecule is CCOC(=O)N1CCC(N2CCN(S(C)(=O)=O)CC2)CC1.O=C(O)C(=O)O. The van der Waals surface area contributed by atoms with Gasteiger partial charge in [-0.25, -0.2) is 22.8 Å². The third-order valence-corrected chi connectivity index (χ3v) is 5.74. The van der Waals surface area contributed by atoms with Crippen LogP contribution in [0.1, 0.15) is 19.8 Å². The van der Waals surface area contributed by atoms with Gasteiger partial charge in [-0.3, -0.25) is 4.90 Å². The van der Waals surface area contributed by atoms with Gasteiger partial charge < -0.3 is 19.8 Å². The fraction of sp³-hybridized carbons (Fsp3) is 0.800. The Hall–Kier alpha value is -1.92. The summed E-state index contributed by atoms with van der Waals surface area (Å²) in [6.07, 6.45) is 2.90. The second-order valence-corrected chi connectivity index (χ2v) is 8.21. The van der Waals surface area contributed by atoms with E-state index in [-0.39, 0.29) is 6.09 Å². The highest BCUT2D eigenvalue weighted by atomic mass is 32.2. The van der Waals surface area contributed by atoms with Crippen molar-refractivity contribution >= 4 is 28.1 Å². The number of nitrogens with zero attached hydrogens (tertiary/aromatic N) is 3. The summed E-state index contributed by atoms with van der Waals surface area (Å²) in [4.78, 5) is 34.0. The lowest BCUT2D eigenvalue weighted by Gasteiger charge is -2.41. The maximum atomic E-state index is 11.7. The molecular formula is C15H27N3O8S. The minimum Gasteiger partial charge on any atom is -0.473 e. The van der Waals surface area contributed by atoms with Crippen LogP contribution in [0.4, 0.5) is 4.79 Å². The molecule has 0 bridgehead atoms. The van der Waals surface area contributed by atoms with E-state index in [2.05, 4.69) is 4.90 Å². The van der Waals surface area contributed by atoms with Gasteiger partial charge in [0.2, 0.25) is 10.0 Å². The molecule has 2 heterocycles. The summed E-state index contributed by atoms with van der Waals surface area (Å²) in [5, 5.41) is 14.8. The number of hydrogen-bond acceptors (Lipinski definition) is 7. The first kappa shape index (κ1) is 23.1. The van der Waals surface area contributed by atoms with Crippen LogP contribution in [-0.2, 0) is 24.3 Å². The van der Waals surface area contributed by atoms with E-state index in [1.807, 2.05) is 6.92 Å². The van der Waals surface area contributed by atoms with Gasteiger partial charge in [-0.2, -0.15) is 4.31 Å². The summed E-state index contributed by atoms with van der Waals surface area (Å²) in [6.45, 7) is 6.34. The van der Waals surface area contributed by atoms with Crippen LogP contribution in [0.25, 0.3) is 0 Å². The predicted molar refractivity (Wildman–Crippen MR) is 94.9 cm³/mol. The number of aliphatic carboxylic acids is 2. The molecule has 2 aliphatic rings. The molecule has 27 heavy (non-hydrogen) atoms. The van der Waals surface area contributed by atoms with Crippen molar-refractivity contribution < 1.29 is 37.8 Å². The van der Waals surface area contributed by atoms with E-state index in [0.29, 0.717) is 25.7 Å². The highest BCUT2D eigenvalue weighted by Gasteiger charge is 2.31. The van der Waals surface area contributed by atoms with Crippen molar-refractivity contribution in [3.63, 3.8) is 0 Å². The Morgan fingerprint density at radius 2 is 1.44 bits per heavy atom. The summed E-state index contributed by atoms with van der Waals surface area (Å²) >= 11 is 0. The van der Waals surface area contributed by atoms with Crippen LogP contribution in [-0.4, -0.2) is 109 Å². The molecule has 0 unspecified atom stereocenters. The van der Waals surface area contributed by atoms with Gasteiger partial charge in [-0.05, 0) is 19.8 Å². The third-order valence-electron chi connectivity index (χ3n) is 4.43. The van der Waals surface area contributed by atoms with Gasteiger partial charge in [0.1, 0.15) is 0 Å². The van der Waals surface area contributed by atoms with Crippen LogP contribution in [0.15, 0.2) is 0 Å². The number of amides is 1. The second kappa shape index (κ2) is 10.4. The van der Waals surface area contributed by atoms with E-state index in [4.69, 9.17) is 24.5 Å². The molecule has 2 fully saturated rings. The molecule has 0 atom stereocenters. The maximum Gasteiger partial charge on any atom is 0.414 e. The van der Waals surface area contributed by atoms with E-state index in [9.17, 15) is 13.2 Å². The third kappa shape index (κ3) is 7.69. The van der Waals surface area contributed by atoms with E-state index in [1.54, 1.807) is 4.90 Å². The van der Waals surface area contributed by atoms with Crippen LogP contribution >= 0.6 is 0 Å². The largest absolute Gasteiger partial charge is 0.473 e. The molecule has 0 radical (unpaired) electrons. The number of carboxylic acid groups (broad SMARTS) is 2. The van der Waals surface area contributed by atoms with Crippen molar-refractivity contribution in [2.24, 2.45) is 0 Å². The van der Waals surface area contributed by atoms with Crippen molar-refractivity contribution in [2.45, 2.75) is 25.8 Å². The molecule has 2 aliphatic heterocycles. The van der Waals surface area contributed by atoms with Crippen molar-refractivity contribution in [1.82, 2.24) is 14.1 Å². The van der Waals surface area contributed by atoms with Crippen molar-refractivity contribution in [3.8, 4) is 0 Å². The minimum atomic E-state index is -3.07. The molecule has 2 rings (SSSR count). The number of carboxylic acids is 2. The minimum absolute atomic E-state index is 0.224. The summed E-state index contributed by atoms with van der Waals surface area (Å²) in [5.41, 5.74) is 0. The van der Waals surface area contributed by atoms with E-state index >= 15 is 0 Å². The van der Waals surface area contributed by atoms with Gasteiger partial charge in [0, 0.05) is 45.3 Å². The molecule has 156 valence electrons. The van der Waals surface area contributed by atoms with Gasteiger partial charge in [-0.15, -0.1) is 0 Å². The number of piperazine rings is 1. The van der Waals surface area contributed by atoms with E-state index < -0.39 is 22.0 Å². The standard InChI is InChI=1S/C13H25N3O4S.C2H2O4/c1-3-20-13(17)15-6-4-12(5-7-15)14-8-10-16(11-9-14)21(2,18)19;3-1(4)2(5)6/h12H,3-11H2,1-2H3;(H,3,4)(H,5,6). The Labute approximate surface area is 158 Å². The van der Waals surface area contributed by atoms with Gasteiger partial charge in [-0.1, -0.05) is 0 Å². The van der Waals surface area contributed by atoms with Gasteiger partial charge >= 0.3 is 18.0 Å². The number of hydrogen-bond donors (Lipinski definition) is 2. The van der Waals surface area contributed by atoms with E-state index in [1.165, 1.54) is 10.6 Å². The molecule has 0 saturated carbocycles. The lowest BCUT2D eigenvalue weighted by atomic mass is 10.0. The van der Waals surface area contributed by atoms with Crippen molar-refractivity contribution in [3.05, 3.63) is 0 Å². The molecule has 2 saturated heterocycles. The van der Waals surface area contributed by atoms with Gasteiger partial charge in [0.25, 0.3) is 0 Å². The zero-order valence-electron chi connectivity index (χ0n) is 15.5. The smallest absolute Gasteiger partial charge is 0.414 e. The predicted octanol–water partition coefficient (Wildman–Crippen LogP) is -0.660. The molecule has 11 nitrogen and oxygen atoms in total. The lowest BCUT2D eigenvalue weighted by Crippen LogP contribution is -2.54. The molecule has 0 aromatic heterocycles. The molecule has 0 aromatic carbocycles. The molecular weight excluding hydrogens is 382 g/mol. The topological polar surface area (TPSA) is 145 Å². The second-order valence-electron chi connectivity index (χ2n) is 6.23. The van der Waals surface area contributed by atoms with E-state index in [0.717, 1.165) is 39.0 Å². The summed E-state index contributed by atoms with van der Waals surface area (Å²) in [6, 6.07) is 0.442. The van der Waals surface area contributed by atoms with Crippen LogP contribution in [0.5, 0.6) is 0 Å². The Balaban J connectivity index is 0.000000527. The van der Waals surface area contributed by atoms with Crippen molar-refractivity contribution in [1.29, 1.82) is 0 Å². The summed E-state index contributed by atoms with van der Waals surface area (Å²) < 4.78 is 29.5. The summed E-state index contributed by atoms with van der Waals surface area (Å²) in [5.74, 6) is -3.65. The summed E-state index contributed by atoms with van der Waals surface area (Å²) in [7, 11) is -3.07. The number of piperidine rings is 1. The quantitative estimate of drug-likeness (QED) is 0.580. The van der Waals surface area contributed by atoms with Crippen LogP contribution in [0.2, 0.25) is 0 Å². The number of sulfonamides is 1. The first-order valence-corrected chi connectivity index (χ1v) is 10.5. The fourth-order valence-electron chi connectivity index (χ4n) is 3.03. The van der Waals surface area contributed by atoms with Gasteiger partial charge in [0.05, 0.1) is 12.9 Å².